The van der Waals surface area contributed by atoms with Gasteiger partial charge in [-0.05, 0) is 42.0 Å². The first-order chi connectivity index (χ1) is 12.2. The van der Waals surface area contributed by atoms with Gasteiger partial charge < -0.3 is 14.6 Å². The summed E-state index contributed by atoms with van der Waals surface area (Å²) in [6.07, 6.45) is 1.80. The van der Waals surface area contributed by atoms with Crippen molar-refractivity contribution in [3.8, 4) is 11.3 Å². The van der Waals surface area contributed by atoms with Gasteiger partial charge in [-0.25, -0.2) is 9.37 Å². The Kier molecular flexibility index (Phi) is 5.83. The van der Waals surface area contributed by atoms with E-state index in [1.54, 1.807) is 25.4 Å². The van der Waals surface area contributed by atoms with Crippen LogP contribution in [-0.2, 0) is 17.8 Å². The molecule has 0 amide bonds. The molecule has 0 fully saturated rings. The fourth-order valence-electron chi connectivity index (χ4n) is 2.56. The second kappa shape index (κ2) is 8.27. The lowest BCUT2D eigenvalue weighted by Crippen LogP contribution is -2.11. The van der Waals surface area contributed by atoms with Gasteiger partial charge in [0, 0.05) is 30.2 Å². The number of halogens is 2. The summed E-state index contributed by atoms with van der Waals surface area (Å²) in [5.41, 5.74) is 3.00. The Morgan fingerprint density at radius 1 is 1.12 bits per heavy atom. The van der Waals surface area contributed by atoms with Crippen molar-refractivity contribution in [2.45, 2.75) is 13.1 Å². The van der Waals surface area contributed by atoms with Crippen molar-refractivity contribution >= 4 is 21.9 Å². The lowest BCUT2D eigenvalue weighted by atomic mass is 10.1. The Bertz CT molecular complexity index is 816. The van der Waals surface area contributed by atoms with E-state index in [2.05, 4.69) is 42.9 Å². The number of imidazole rings is 1. The van der Waals surface area contributed by atoms with E-state index >= 15 is 0 Å². The van der Waals surface area contributed by atoms with Gasteiger partial charge in [0.25, 0.3) is 0 Å². The maximum absolute atomic E-state index is 13.2. The topological polar surface area (TPSA) is 39.1 Å². The molecule has 1 aromatic heterocycles. The Balaban J connectivity index is 1.82. The first-order valence-electron chi connectivity index (χ1n) is 7.96. The molecule has 1 heterocycles. The normalized spacial score (nSPS) is 10.8. The molecule has 0 saturated carbocycles. The van der Waals surface area contributed by atoms with Crippen LogP contribution in [0.1, 0.15) is 5.56 Å². The Morgan fingerprint density at radius 2 is 1.84 bits per heavy atom. The molecule has 4 nitrogen and oxygen atoms in total. The summed E-state index contributed by atoms with van der Waals surface area (Å²) in [7, 11) is 1.67. The van der Waals surface area contributed by atoms with E-state index in [4.69, 9.17) is 4.74 Å². The first-order valence-corrected chi connectivity index (χ1v) is 8.75. The number of nitrogens with one attached hydrogen (secondary N) is 1. The largest absolute Gasteiger partial charge is 0.383 e. The molecular formula is C19H19BrFN3O. The summed E-state index contributed by atoms with van der Waals surface area (Å²) in [5.74, 6) is 0.514. The predicted molar refractivity (Wildman–Crippen MR) is 101 cm³/mol. The highest BCUT2D eigenvalue weighted by atomic mass is 79.9. The molecule has 0 aliphatic carbocycles. The van der Waals surface area contributed by atoms with Gasteiger partial charge in [-0.3, -0.25) is 0 Å². The second-order valence-corrected chi connectivity index (χ2v) is 6.51. The molecular weight excluding hydrogens is 385 g/mol. The van der Waals surface area contributed by atoms with Gasteiger partial charge in [0.05, 0.1) is 18.5 Å². The molecule has 1 N–H and O–H groups in total. The van der Waals surface area contributed by atoms with Gasteiger partial charge in [0.2, 0.25) is 5.95 Å². The number of anilines is 1. The van der Waals surface area contributed by atoms with E-state index in [0.29, 0.717) is 19.7 Å². The summed E-state index contributed by atoms with van der Waals surface area (Å²) in [5, 5.41) is 3.37. The maximum Gasteiger partial charge on any atom is 0.203 e. The monoisotopic (exact) mass is 403 g/mol. The molecule has 0 bridgehead atoms. The third-order valence-corrected chi connectivity index (χ3v) is 4.41. The molecule has 6 heteroatoms. The number of benzene rings is 2. The molecule has 130 valence electrons. The van der Waals surface area contributed by atoms with Crippen molar-refractivity contribution < 1.29 is 9.13 Å². The number of hydrogen-bond donors (Lipinski definition) is 1. The lowest BCUT2D eigenvalue weighted by Gasteiger charge is -2.13. The molecule has 0 atom stereocenters. The van der Waals surface area contributed by atoms with Crippen LogP contribution < -0.4 is 5.32 Å². The number of aromatic nitrogens is 2. The highest BCUT2D eigenvalue weighted by Gasteiger charge is 2.11. The summed E-state index contributed by atoms with van der Waals surface area (Å²) in [6.45, 7) is 1.89. The van der Waals surface area contributed by atoms with Crippen LogP contribution in [0.2, 0.25) is 0 Å². The van der Waals surface area contributed by atoms with E-state index in [9.17, 15) is 4.39 Å². The number of ether oxygens (including phenoxy) is 1. The fourth-order valence-corrected chi connectivity index (χ4v) is 2.82. The van der Waals surface area contributed by atoms with E-state index < -0.39 is 0 Å². The average molecular weight is 404 g/mol. The highest BCUT2D eigenvalue weighted by molar-refractivity contribution is 9.10. The fraction of sp³-hybridized carbons (Fsp3) is 0.211. The van der Waals surface area contributed by atoms with E-state index in [0.717, 1.165) is 27.2 Å². The van der Waals surface area contributed by atoms with Gasteiger partial charge in [-0.1, -0.05) is 28.1 Å². The predicted octanol–water partition coefficient (Wildman–Crippen LogP) is 4.71. The highest BCUT2D eigenvalue weighted by Crippen LogP contribution is 2.24. The van der Waals surface area contributed by atoms with Gasteiger partial charge in [0.1, 0.15) is 5.82 Å². The Hall–Kier alpha value is -2.18. The molecule has 0 unspecified atom stereocenters. The summed E-state index contributed by atoms with van der Waals surface area (Å²) < 4.78 is 21.5. The quantitative estimate of drug-likeness (QED) is 0.620. The van der Waals surface area contributed by atoms with Crippen molar-refractivity contribution in [3.63, 3.8) is 0 Å². The van der Waals surface area contributed by atoms with Crippen LogP contribution in [-0.4, -0.2) is 23.3 Å². The van der Waals surface area contributed by atoms with Crippen LogP contribution in [0.15, 0.2) is 59.2 Å². The van der Waals surface area contributed by atoms with Crippen LogP contribution >= 0.6 is 15.9 Å². The number of methoxy groups -OCH3 is 1. The van der Waals surface area contributed by atoms with Crippen molar-refractivity contribution in [3.05, 3.63) is 70.6 Å². The van der Waals surface area contributed by atoms with Gasteiger partial charge in [-0.2, -0.15) is 0 Å². The summed E-state index contributed by atoms with van der Waals surface area (Å²) in [4.78, 5) is 4.49. The minimum Gasteiger partial charge on any atom is -0.383 e. The minimum atomic E-state index is -0.250. The Morgan fingerprint density at radius 3 is 2.52 bits per heavy atom. The molecule has 0 spiro atoms. The first kappa shape index (κ1) is 17.6. The molecule has 0 aliphatic heterocycles. The zero-order valence-corrected chi connectivity index (χ0v) is 15.5. The minimum absolute atomic E-state index is 0.250. The Labute approximate surface area is 154 Å². The maximum atomic E-state index is 13.2. The van der Waals surface area contributed by atoms with Crippen LogP contribution in [0.4, 0.5) is 10.3 Å². The number of nitrogens with zero attached hydrogens (tertiary/aromatic N) is 2. The third-order valence-electron chi connectivity index (χ3n) is 3.88. The van der Waals surface area contributed by atoms with E-state index in [1.807, 2.05) is 12.1 Å². The smallest absolute Gasteiger partial charge is 0.203 e. The van der Waals surface area contributed by atoms with Crippen LogP contribution in [0.3, 0.4) is 0 Å². The van der Waals surface area contributed by atoms with Crippen LogP contribution in [0, 0.1) is 5.82 Å². The lowest BCUT2D eigenvalue weighted by molar-refractivity contribution is 0.188. The molecule has 0 saturated heterocycles. The van der Waals surface area contributed by atoms with E-state index in [1.165, 1.54) is 12.1 Å². The van der Waals surface area contributed by atoms with Crippen LogP contribution in [0.25, 0.3) is 11.3 Å². The molecule has 0 aliphatic rings. The van der Waals surface area contributed by atoms with E-state index in [-0.39, 0.29) is 5.82 Å². The molecule has 3 rings (SSSR count). The van der Waals surface area contributed by atoms with Crippen molar-refractivity contribution in [1.29, 1.82) is 0 Å². The second-order valence-electron chi connectivity index (χ2n) is 5.60. The van der Waals surface area contributed by atoms with Crippen LogP contribution in [0.5, 0.6) is 0 Å². The SMILES string of the molecule is COCCn1c(-c2ccc(F)cc2)cnc1NCc1ccc(Br)cc1. The number of rotatable bonds is 7. The molecule has 2 aromatic carbocycles. The number of hydrogen-bond acceptors (Lipinski definition) is 3. The van der Waals surface area contributed by atoms with Gasteiger partial charge in [0.15, 0.2) is 0 Å². The standard InChI is InChI=1S/C19H19BrFN3O/c1-25-11-10-24-18(15-4-8-17(21)9-5-15)13-23-19(24)22-12-14-2-6-16(20)7-3-14/h2-9,13H,10-12H2,1H3,(H,22,23). The molecule has 0 radical (unpaired) electrons. The zero-order valence-electron chi connectivity index (χ0n) is 13.9. The van der Waals surface area contributed by atoms with Gasteiger partial charge >= 0.3 is 0 Å². The third kappa shape index (κ3) is 4.46. The molecule has 3 aromatic rings. The summed E-state index contributed by atoms with van der Waals surface area (Å²) in [6, 6.07) is 14.6. The van der Waals surface area contributed by atoms with Crippen molar-refractivity contribution in [1.82, 2.24) is 9.55 Å². The molecule has 25 heavy (non-hydrogen) atoms. The average Bonchev–Trinajstić information content (AvgIpc) is 3.03. The van der Waals surface area contributed by atoms with Crippen molar-refractivity contribution in [2.75, 3.05) is 19.0 Å². The zero-order chi connectivity index (χ0) is 17.6. The van der Waals surface area contributed by atoms with Crippen molar-refractivity contribution in [2.24, 2.45) is 0 Å². The van der Waals surface area contributed by atoms with Gasteiger partial charge in [-0.15, -0.1) is 0 Å². The summed E-state index contributed by atoms with van der Waals surface area (Å²) >= 11 is 3.44.